The van der Waals surface area contributed by atoms with E-state index < -0.39 is 12.1 Å². The van der Waals surface area contributed by atoms with Crippen LogP contribution in [0.4, 0.5) is 13.2 Å². The predicted octanol–water partition coefficient (Wildman–Crippen LogP) is 2.54. The number of alkyl halides is 3. The third-order valence-electron chi connectivity index (χ3n) is 6.90. The molecule has 3 heterocycles. The summed E-state index contributed by atoms with van der Waals surface area (Å²) in [6.07, 6.45) is 3.91. The number of halogens is 3. The molecule has 3 saturated heterocycles. The fraction of sp³-hybridized carbons (Fsp3) is 0.905. The Bertz CT molecular complexity index is 621. The lowest BCUT2D eigenvalue weighted by Crippen LogP contribution is -2.59. The van der Waals surface area contributed by atoms with E-state index in [2.05, 4.69) is 4.90 Å². The normalized spacial score (nSPS) is 30.3. The van der Waals surface area contributed by atoms with E-state index in [1.165, 1.54) is 38.6 Å². The smallest absolute Gasteiger partial charge is 0.475 e. The molecular weight excluding hydrogens is 417 g/mol. The molecule has 31 heavy (non-hydrogen) atoms. The van der Waals surface area contributed by atoms with E-state index in [1.54, 1.807) is 0 Å². The van der Waals surface area contributed by atoms with Crippen LogP contribution < -0.4 is 0 Å². The Morgan fingerprint density at radius 1 is 1.00 bits per heavy atom. The lowest BCUT2D eigenvalue weighted by atomic mass is 9.74. The molecule has 10 heteroatoms. The van der Waals surface area contributed by atoms with Crippen molar-refractivity contribution < 1.29 is 37.3 Å². The van der Waals surface area contributed by atoms with Crippen LogP contribution in [0.5, 0.6) is 0 Å². The first-order chi connectivity index (χ1) is 14.7. The standard InChI is InChI=1S/C19H32N2O3.C2HF3O2/c22-18(21-9-12-23-13-10-21)19-7-11-24-17(19)6-8-20(15-19)14-16-4-2-1-3-5-16;3-2(4,5)1(6)7/h16-17H,1-15H2;(H,6,7)/t17-,19-;/m1./s1. The van der Waals surface area contributed by atoms with Crippen LogP contribution in [0.1, 0.15) is 44.9 Å². The molecule has 1 aliphatic carbocycles. The molecule has 4 aliphatic rings. The number of aliphatic carboxylic acids is 1. The summed E-state index contributed by atoms with van der Waals surface area (Å²) < 4.78 is 43.2. The second-order valence-electron chi connectivity index (χ2n) is 9.00. The number of fused-ring (bicyclic) bond motifs is 1. The van der Waals surface area contributed by atoms with E-state index >= 15 is 0 Å². The van der Waals surface area contributed by atoms with Crippen molar-refractivity contribution in [1.29, 1.82) is 0 Å². The van der Waals surface area contributed by atoms with Crippen molar-refractivity contribution in [3.8, 4) is 0 Å². The Morgan fingerprint density at radius 2 is 1.65 bits per heavy atom. The summed E-state index contributed by atoms with van der Waals surface area (Å²) in [4.78, 5) is 26.9. The number of amides is 1. The molecule has 0 aromatic heterocycles. The van der Waals surface area contributed by atoms with E-state index in [9.17, 15) is 18.0 Å². The van der Waals surface area contributed by atoms with Gasteiger partial charge in [-0.15, -0.1) is 0 Å². The summed E-state index contributed by atoms with van der Waals surface area (Å²) in [6.45, 7) is 6.79. The summed E-state index contributed by atoms with van der Waals surface area (Å²) in [5.41, 5.74) is -0.287. The molecule has 4 rings (SSSR count). The monoisotopic (exact) mass is 450 g/mol. The van der Waals surface area contributed by atoms with Gasteiger partial charge in [0, 0.05) is 39.3 Å². The lowest BCUT2D eigenvalue weighted by Gasteiger charge is -2.46. The number of hydrogen-bond acceptors (Lipinski definition) is 5. The van der Waals surface area contributed by atoms with Crippen molar-refractivity contribution in [2.45, 2.75) is 57.2 Å². The van der Waals surface area contributed by atoms with E-state index in [0.717, 1.165) is 51.5 Å². The van der Waals surface area contributed by atoms with Crippen LogP contribution in [0.15, 0.2) is 0 Å². The number of nitrogens with zero attached hydrogens (tertiary/aromatic N) is 2. The summed E-state index contributed by atoms with van der Waals surface area (Å²) in [5.74, 6) is -1.58. The molecule has 4 fully saturated rings. The lowest BCUT2D eigenvalue weighted by molar-refractivity contribution is -0.192. The summed E-state index contributed by atoms with van der Waals surface area (Å²) in [5, 5.41) is 7.12. The van der Waals surface area contributed by atoms with Gasteiger partial charge in [0.05, 0.1) is 24.7 Å². The number of likely N-dealkylation sites (tertiary alicyclic amines) is 1. The zero-order chi connectivity index (χ0) is 22.5. The van der Waals surface area contributed by atoms with Crippen molar-refractivity contribution in [3.63, 3.8) is 0 Å². The number of carbonyl (C=O) groups is 2. The fourth-order valence-electron chi connectivity index (χ4n) is 5.31. The highest BCUT2D eigenvalue weighted by Gasteiger charge is 2.54. The van der Waals surface area contributed by atoms with Crippen molar-refractivity contribution in [3.05, 3.63) is 0 Å². The third-order valence-corrected chi connectivity index (χ3v) is 6.90. The summed E-state index contributed by atoms with van der Waals surface area (Å²) >= 11 is 0. The molecule has 7 nitrogen and oxygen atoms in total. The Kier molecular flexibility index (Phi) is 8.20. The Balaban J connectivity index is 0.000000339. The maximum absolute atomic E-state index is 13.4. The molecule has 1 amide bonds. The summed E-state index contributed by atoms with van der Waals surface area (Å²) in [7, 11) is 0. The minimum absolute atomic E-state index is 0.135. The fourth-order valence-corrected chi connectivity index (χ4v) is 5.31. The highest BCUT2D eigenvalue weighted by Crippen LogP contribution is 2.43. The number of rotatable bonds is 3. The van der Waals surface area contributed by atoms with Crippen LogP contribution >= 0.6 is 0 Å². The SMILES string of the molecule is O=C(N1CCOCC1)[C@@]12CCO[C@@H]1CCN(CC1CCCCC1)C2.O=C(O)C(F)(F)F. The molecule has 1 saturated carbocycles. The number of carboxylic acids is 1. The Hall–Kier alpha value is -1.39. The molecular formula is C21H33F3N2O5. The highest BCUT2D eigenvalue weighted by atomic mass is 19.4. The van der Waals surface area contributed by atoms with Crippen molar-refractivity contribution in [2.75, 3.05) is 52.5 Å². The Labute approximate surface area is 180 Å². The topological polar surface area (TPSA) is 79.3 Å². The van der Waals surface area contributed by atoms with Crippen LogP contribution in [0, 0.1) is 11.3 Å². The molecule has 1 N–H and O–H groups in total. The average molecular weight is 450 g/mol. The first-order valence-electron chi connectivity index (χ1n) is 11.2. The van der Waals surface area contributed by atoms with Gasteiger partial charge in [0.2, 0.25) is 5.91 Å². The average Bonchev–Trinajstić information content (AvgIpc) is 3.19. The molecule has 0 aromatic carbocycles. The van der Waals surface area contributed by atoms with Crippen molar-refractivity contribution >= 4 is 11.9 Å². The molecule has 2 atom stereocenters. The van der Waals surface area contributed by atoms with E-state index in [0.29, 0.717) is 19.1 Å². The second-order valence-corrected chi connectivity index (χ2v) is 9.00. The maximum Gasteiger partial charge on any atom is 0.490 e. The minimum Gasteiger partial charge on any atom is -0.475 e. The zero-order valence-corrected chi connectivity index (χ0v) is 17.9. The highest BCUT2D eigenvalue weighted by molar-refractivity contribution is 5.84. The largest absolute Gasteiger partial charge is 0.490 e. The molecule has 0 spiro atoms. The molecule has 0 aromatic rings. The van der Waals surface area contributed by atoms with Gasteiger partial charge in [0.15, 0.2) is 0 Å². The first kappa shape index (κ1) is 24.3. The van der Waals surface area contributed by atoms with Crippen LogP contribution in [0.3, 0.4) is 0 Å². The summed E-state index contributed by atoms with van der Waals surface area (Å²) in [6, 6.07) is 0. The van der Waals surface area contributed by atoms with Gasteiger partial charge in [-0.05, 0) is 31.6 Å². The number of ether oxygens (including phenoxy) is 2. The zero-order valence-electron chi connectivity index (χ0n) is 17.9. The molecule has 178 valence electrons. The number of hydrogen-bond donors (Lipinski definition) is 1. The van der Waals surface area contributed by atoms with E-state index in [-0.39, 0.29) is 11.5 Å². The van der Waals surface area contributed by atoms with Gasteiger partial charge in [0.25, 0.3) is 0 Å². The molecule has 0 bridgehead atoms. The second kappa shape index (κ2) is 10.5. The molecule has 3 aliphatic heterocycles. The number of piperidine rings is 1. The maximum atomic E-state index is 13.4. The van der Waals surface area contributed by atoms with Crippen LogP contribution in [0.25, 0.3) is 0 Å². The van der Waals surface area contributed by atoms with Gasteiger partial charge >= 0.3 is 12.1 Å². The minimum atomic E-state index is -5.08. The van der Waals surface area contributed by atoms with Gasteiger partial charge in [0.1, 0.15) is 0 Å². The van der Waals surface area contributed by atoms with Gasteiger partial charge in [-0.2, -0.15) is 13.2 Å². The van der Waals surface area contributed by atoms with Gasteiger partial charge < -0.3 is 24.4 Å². The van der Waals surface area contributed by atoms with E-state index in [1.807, 2.05) is 4.90 Å². The third kappa shape index (κ3) is 6.10. The molecule has 0 radical (unpaired) electrons. The first-order valence-corrected chi connectivity index (χ1v) is 11.2. The van der Waals surface area contributed by atoms with Gasteiger partial charge in [-0.25, -0.2) is 4.79 Å². The number of carboxylic acid groups (broad SMARTS) is 1. The van der Waals surface area contributed by atoms with Crippen LogP contribution in [0.2, 0.25) is 0 Å². The van der Waals surface area contributed by atoms with Crippen molar-refractivity contribution in [2.24, 2.45) is 11.3 Å². The van der Waals surface area contributed by atoms with Crippen LogP contribution in [-0.4, -0.2) is 91.6 Å². The quantitative estimate of drug-likeness (QED) is 0.712. The van der Waals surface area contributed by atoms with Crippen molar-refractivity contribution in [1.82, 2.24) is 9.80 Å². The van der Waals surface area contributed by atoms with Crippen LogP contribution in [-0.2, 0) is 19.1 Å². The van der Waals surface area contributed by atoms with Gasteiger partial charge in [-0.3, -0.25) is 4.79 Å². The van der Waals surface area contributed by atoms with E-state index in [4.69, 9.17) is 19.4 Å². The Morgan fingerprint density at radius 3 is 2.26 bits per heavy atom. The van der Waals surface area contributed by atoms with Gasteiger partial charge in [-0.1, -0.05) is 19.3 Å². The molecule has 0 unspecified atom stereocenters. The number of morpholine rings is 1. The predicted molar refractivity (Wildman–Crippen MR) is 106 cm³/mol. The number of carbonyl (C=O) groups excluding carboxylic acids is 1.